The largest absolute Gasteiger partial charge is 0.379 e. The van der Waals surface area contributed by atoms with Crippen LogP contribution in [0, 0.1) is 0 Å². The number of nitrogens with one attached hydrogen (secondary N) is 2. The van der Waals surface area contributed by atoms with Crippen LogP contribution in [0.25, 0.3) is 0 Å². The highest BCUT2D eigenvalue weighted by molar-refractivity contribution is 7.82. The van der Waals surface area contributed by atoms with E-state index < -0.39 is 0 Å². The Hall–Kier alpha value is -0.800. The first-order valence-corrected chi connectivity index (χ1v) is 6.43. The molecule has 0 bridgehead atoms. The SMILES string of the molecule is O=C(NN1CCOCC1)C(=S)NN1CCOCC1. The summed E-state index contributed by atoms with van der Waals surface area (Å²) in [6, 6.07) is 0. The topological polar surface area (TPSA) is 66.1 Å². The number of ether oxygens (including phenoxy) is 2. The average molecular weight is 274 g/mol. The molecule has 0 aliphatic carbocycles. The lowest BCUT2D eigenvalue weighted by Gasteiger charge is -2.30. The van der Waals surface area contributed by atoms with Crippen LogP contribution in [0.4, 0.5) is 0 Å². The molecular formula is C10H18N4O3S. The molecule has 7 nitrogen and oxygen atoms in total. The zero-order chi connectivity index (χ0) is 12.8. The van der Waals surface area contributed by atoms with Crippen molar-refractivity contribution in [1.29, 1.82) is 0 Å². The Morgan fingerprint density at radius 3 is 1.83 bits per heavy atom. The van der Waals surface area contributed by atoms with E-state index >= 15 is 0 Å². The molecule has 0 radical (unpaired) electrons. The number of carbonyl (C=O) groups is 1. The summed E-state index contributed by atoms with van der Waals surface area (Å²) in [4.78, 5) is 12.0. The van der Waals surface area contributed by atoms with Crippen molar-refractivity contribution in [3.8, 4) is 0 Å². The van der Waals surface area contributed by atoms with Crippen LogP contribution in [-0.2, 0) is 14.3 Å². The van der Waals surface area contributed by atoms with Gasteiger partial charge in [0.2, 0.25) is 0 Å². The van der Waals surface area contributed by atoms with E-state index in [0.29, 0.717) is 39.5 Å². The molecule has 2 aliphatic rings. The van der Waals surface area contributed by atoms with Gasteiger partial charge in [-0.25, -0.2) is 10.0 Å². The minimum Gasteiger partial charge on any atom is -0.379 e. The zero-order valence-electron chi connectivity index (χ0n) is 10.2. The van der Waals surface area contributed by atoms with E-state index in [0.717, 1.165) is 13.1 Å². The molecule has 2 N–H and O–H groups in total. The maximum atomic E-state index is 11.8. The van der Waals surface area contributed by atoms with Crippen molar-refractivity contribution in [1.82, 2.24) is 20.9 Å². The second kappa shape index (κ2) is 6.95. The fourth-order valence-corrected chi connectivity index (χ4v) is 1.91. The lowest BCUT2D eigenvalue weighted by molar-refractivity contribution is -0.121. The predicted octanol–water partition coefficient (Wildman–Crippen LogP) is -1.49. The van der Waals surface area contributed by atoms with E-state index in [1.807, 2.05) is 10.0 Å². The van der Waals surface area contributed by atoms with Crippen molar-refractivity contribution >= 4 is 23.1 Å². The molecule has 8 heteroatoms. The lowest BCUT2D eigenvalue weighted by Crippen LogP contribution is -2.56. The molecule has 0 aromatic rings. The van der Waals surface area contributed by atoms with Crippen molar-refractivity contribution < 1.29 is 14.3 Å². The van der Waals surface area contributed by atoms with Crippen LogP contribution >= 0.6 is 12.2 Å². The van der Waals surface area contributed by atoms with Crippen LogP contribution in [0.2, 0.25) is 0 Å². The second-order valence-corrected chi connectivity index (χ2v) is 4.49. The molecule has 0 atom stereocenters. The summed E-state index contributed by atoms with van der Waals surface area (Å²) >= 11 is 5.06. The molecule has 2 rings (SSSR count). The predicted molar refractivity (Wildman–Crippen MR) is 68.7 cm³/mol. The number of hydrazine groups is 2. The first-order chi connectivity index (χ1) is 8.75. The molecule has 102 valence electrons. The number of amides is 1. The highest BCUT2D eigenvalue weighted by Crippen LogP contribution is 1.95. The van der Waals surface area contributed by atoms with Gasteiger partial charge < -0.3 is 14.9 Å². The number of nitrogens with zero attached hydrogens (tertiary/aromatic N) is 2. The molecule has 18 heavy (non-hydrogen) atoms. The lowest BCUT2D eigenvalue weighted by atomic mass is 10.5. The summed E-state index contributed by atoms with van der Waals surface area (Å²) in [6.07, 6.45) is 0. The van der Waals surface area contributed by atoms with E-state index in [2.05, 4.69) is 10.9 Å². The smallest absolute Gasteiger partial charge is 0.294 e. The minimum atomic E-state index is -0.279. The third-order valence-corrected chi connectivity index (χ3v) is 3.02. The molecule has 2 fully saturated rings. The number of carbonyl (C=O) groups excluding carboxylic acids is 1. The van der Waals surface area contributed by atoms with Crippen molar-refractivity contribution in [2.45, 2.75) is 0 Å². The van der Waals surface area contributed by atoms with Gasteiger partial charge in [-0.15, -0.1) is 0 Å². The second-order valence-electron chi connectivity index (χ2n) is 4.08. The van der Waals surface area contributed by atoms with Gasteiger partial charge in [-0.1, -0.05) is 12.2 Å². The Morgan fingerprint density at radius 2 is 1.33 bits per heavy atom. The van der Waals surface area contributed by atoms with Gasteiger partial charge >= 0.3 is 0 Å². The summed E-state index contributed by atoms with van der Waals surface area (Å²) in [5, 5.41) is 3.71. The highest BCUT2D eigenvalue weighted by atomic mass is 32.1. The van der Waals surface area contributed by atoms with E-state index in [-0.39, 0.29) is 10.9 Å². The van der Waals surface area contributed by atoms with E-state index in [4.69, 9.17) is 21.7 Å². The number of hydrogen-bond acceptors (Lipinski definition) is 6. The first-order valence-electron chi connectivity index (χ1n) is 6.03. The van der Waals surface area contributed by atoms with Crippen LogP contribution in [0.15, 0.2) is 0 Å². The fourth-order valence-electron chi connectivity index (χ4n) is 1.74. The van der Waals surface area contributed by atoms with Gasteiger partial charge in [0.25, 0.3) is 5.91 Å². The van der Waals surface area contributed by atoms with E-state index in [1.54, 1.807) is 0 Å². The zero-order valence-corrected chi connectivity index (χ0v) is 11.0. The number of hydrogen-bond donors (Lipinski definition) is 2. The summed E-state index contributed by atoms with van der Waals surface area (Å²) in [7, 11) is 0. The van der Waals surface area contributed by atoms with Crippen molar-refractivity contribution in [3.63, 3.8) is 0 Å². The Balaban J connectivity index is 1.71. The quantitative estimate of drug-likeness (QED) is 0.595. The van der Waals surface area contributed by atoms with Crippen molar-refractivity contribution in [3.05, 3.63) is 0 Å². The van der Waals surface area contributed by atoms with Gasteiger partial charge in [0.05, 0.1) is 26.4 Å². The van der Waals surface area contributed by atoms with Gasteiger partial charge in [-0.3, -0.25) is 10.2 Å². The molecule has 1 amide bonds. The average Bonchev–Trinajstić information content (AvgIpc) is 2.41. The Bertz CT molecular complexity index is 273. The summed E-state index contributed by atoms with van der Waals surface area (Å²) in [5.41, 5.74) is 5.68. The maximum Gasteiger partial charge on any atom is 0.294 e. The normalized spacial score (nSPS) is 22.4. The van der Waals surface area contributed by atoms with E-state index in [1.165, 1.54) is 0 Å². The first kappa shape index (κ1) is 13.6. The number of rotatable bonds is 2. The third-order valence-electron chi connectivity index (χ3n) is 2.75. The molecular weight excluding hydrogens is 256 g/mol. The molecule has 0 unspecified atom stereocenters. The minimum absolute atomic E-state index is 0.184. The van der Waals surface area contributed by atoms with Gasteiger partial charge in [0.1, 0.15) is 0 Å². The Labute approximate surface area is 111 Å². The standard InChI is InChI=1S/C10H18N4O3S/c15-9(11-13-1-5-16-6-2-13)10(18)12-14-3-7-17-8-4-14/h1-8H2,(H,11,15)(H,12,18). The monoisotopic (exact) mass is 274 g/mol. The number of morpholine rings is 2. The molecule has 2 heterocycles. The number of thiocarbonyl (C=S) groups is 1. The van der Waals surface area contributed by atoms with Crippen LogP contribution in [-0.4, -0.2) is 73.5 Å². The summed E-state index contributed by atoms with van der Waals surface area (Å²) < 4.78 is 10.4. The maximum absolute atomic E-state index is 11.8. The molecule has 0 aromatic heterocycles. The molecule has 2 saturated heterocycles. The molecule has 0 spiro atoms. The van der Waals surface area contributed by atoms with Crippen LogP contribution < -0.4 is 10.9 Å². The fraction of sp³-hybridized carbons (Fsp3) is 0.800. The van der Waals surface area contributed by atoms with Gasteiger partial charge in [0.15, 0.2) is 4.99 Å². The van der Waals surface area contributed by atoms with Gasteiger partial charge in [-0.2, -0.15) is 0 Å². The molecule has 0 saturated carbocycles. The van der Waals surface area contributed by atoms with Gasteiger partial charge in [-0.05, 0) is 0 Å². The Morgan fingerprint density at radius 1 is 0.889 bits per heavy atom. The molecule has 2 aliphatic heterocycles. The van der Waals surface area contributed by atoms with Crippen molar-refractivity contribution in [2.75, 3.05) is 52.6 Å². The van der Waals surface area contributed by atoms with Crippen LogP contribution in [0.3, 0.4) is 0 Å². The molecule has 0 aromatic carbocycles. The summed E-state index contributed by atoms with van der Waals surface area (Å²) in [6.45, 7) is 5.39. The van der Waals surface area contributed by atoms with Crippen LogP contribution in [0.5, 0.6) is 0 Å². The van der Waals surface area contributed by atoms with Crippen LogP contribution in [0.1, 0.15) is 0 Å². The summed E-state index contributed by atoms with van der Waals surface area (Å²) in [5.74, 6) is -0.279. The van der Waals surface area contributed by atoms with E-state index in [9.17, 15) is 4.79 Å². The third kappa shape index (κ3) is 4.14. The van der Waals surface area contributed by atoms with Gasteiger partial charge in [0, 0.05) is 26.2 Å². The highest BCUT2D eigenvalue weighted by Gasteiger charge is 2.18. The van der Waals surface area contributed by atoms with Crippen molar-refractivity contribution in [2.24, 2.45) is 0 Å². The Kier molecular flexibility index (Phi) is 5.26.